The average Bonchev–Trinajstić information content (AvgIpc) is 2.61. The number of nitrogens with zero attached hydrogens (tertiary/aromatic N) is 3. The van der Waals surface area contributed by atoms with Crippen molar-refractivity contribution in [3.05, 3.63) is 58.2 Å². The second-order valence-corrected chi connectivity index (χ2v) is 6.31. The van der Waals surface area contributed by atoms with Crippen LogP contribution in [-0.4, -0.2) is 42.0 Å². The Labute approximate surface area is 156 Å². The Morgan fingerprint density at radius 1 is 1.07 bits per heavy atom. The molecule has 2 heterocycles. The molecule has 27 heavy (non-hydrogen) atoms. The minimum absolute atomic E-state index is 0.117. The van der Waals surface area contributed by atoms with Gasteiger partial charge in [-0.3, -0.25) is 4.79 Å². The summed E-state index contributed by atoms with van der Waals surface area (Å²) in [5, 5.41) is -0.162. The van der Waals surface area contributed by atoms with Crippen molar-refractivity contribution in [1.29, 1.82) is 0 Å². The first-order valence-corrected chi connectivity index (χ1v) is 8.27. The zero-order chi connectivity index (χ0) is 19.8. The van der Waals surface area contributed by atoms with Crippen molar-refractivity contribution in [2.24, 2.45) is 0 Å². The van der Waals surface area contributed by atoms with Crippen molar-refractivity contribution >= 4 is 23.3 Å². The number of rotatable bonds is 2. The van der Waals surface area contributed by atoms with Gasteiger partial charge in [-0.25, -0.2) is 13.8 Å². The third kappa shape index (κ3) is 3.97. The van der Waals surface area contributed by atoms with Crippen molar-refractivity contribution in [2.75, 3.05) is 31.1 Å². The Hall–Kier alpha value is -2.42. The Bertz CT molecular complexity index is 846. The summed E-state index contributed by atoms with van der Waals surface area (Å²) in [7, 11) is 0. The van der Waals surface area contributed by atoms with Crippen LogP contribution in [0.4, 0.5) is 27.8 Å². The molecule has 0 saturated carbocycles. The third-order valence-electron chi connectivity index (χ3n) is 4.19. The summed E-state index contributed by atoms with van der Waals surface area (Å²) < 4.78 is 65.6. The van der Waals surface area contributed by atoms with Gasteiger partial charge in [-0.05, 0) is 18.2 Å². The normalized spacial score (nSPS) is 15.2. The topological polar surface area (TPSA) is 36.4 Å². The van der Waals surface area contributed by atoms with Crippen LogP contribution in [0.15, 0.2) is 30.5 Å². The zero-order valence-corrected chi connectivity index (χ0v) is 14.5. The standard InChI is InChI=1S/C17H13ClF5N3O/c18-11-8-10(17(21,22)23)9-24-15(11)25-4-6-26(7-5-25)16(27)14-12(19)2-1-3-13(14)20/h1-3,8-9H,4-7H2. The van der Waals surface area contributed by atoms with Gasteiger partial charge in [-0.1, -0.05) is 17.7 Å². The van der Waals surface area contributed by atoms with E-state index in [1.165, 1.54) is 4.90 Å². The molecule has 1 aliphatic rings. The summed E-state index contributed by atoms with van der Waals surface area (Å²) in [5.74, 6) is -2.52. The molecule has 1 amide bonds. The molecule has 1 aliphatic heterocycles. The van der Waals surface area contributed by atoms with E-state index in [1.54, 1.807) is 4.90 Å². The molecule has 0 N–H and O–H groups in total. The van der Waals surface area contributed by atoms with Gasteiger partial charge in [0, 0.05) is 32.4 Å². The summed E-state index contributed by atoms with van der Waals surface area (Å²) in [6.07, 6.45) is -3.86. The molecule has 2 aromatic rings. The highest BCUT2D eigenvalue weighted by molar-refractivity contribution is 6.33. The lowest BCUT2D eigenvalue weighted by atomic mass is 10.1. The number of carbonyl (C=O) groups excluding carboxylic acids is 1. The maximum Gasteiger partial charge on any atom is 0.417 e. The maximum atomic E-state index is 13.8. The SMILES string of the molecule is O=C(c1c(F)cccc1F)N1CCN(c2ncc(C(F)(F)F)cc2Cl)CC1. The van der Waals surface area contributed by atoms with Crippen molar-refractivity contribution in [3.8, 4) is 0 Å². The number of amides is 1. The van der Waals surface area contributed by atoms with Crippen LogP contribution in [0.25, 0.3) is 0 Å². The predicted molar refractivity (Wildman–Crippen MR) is 88.7 cm³/mol. The molecule has 0 atom stereocenters. The molecule has 1 aromatic heterocycles. The summed E-state index contributed by atoms with van der Waals surface area (Å²) in [6.45, 7) is 0.650. The highest BCUT2D eigenvalue weighted by Crippen LogP contribution is 2.33. The van der Waals surface area contributed by atoms with Gasteiger partial charge in [0.2, 0.25) is 0 Å². The van der Waals surface area contributed by atoms with E-state index in [9.17, 15) is 26.7 Å². The third-order valence-corrected chi connectivity index (χ3v) is 4.47. The lowest BCUT2D eigenvalue weighted by molar-refractivity contribution is -0.137. The van der Waals surface area contributed by atoms with Crippen molar-refractivity contribution in [3.63, 3.8) is 0 Å². The van der Waals surface area contributed by atoms with Crippen LogP contribution in [0.3, 0.4) is 0 Å². The molecule has 1 saturated heterocycles. The lowest BCUT2D eigenvalue weighted by Gasteiger charge is -2.36. The molecule has 4 nitrogen and oxygen atoms in total. The largest absolute Gasteiger partial charge is 0.417 e. The molecule has 10 heteroatoms. The van der Waals surface area contributed by atoms with Crippen molar-refractivity contribution in [2.45, 2.75) is 6.18 Å². The fourth-order valence-electron chi connectivity index (χ4n) is 2.80. The van der Waals surface area contributed by atoms with E-state index in [2.05, 4.69) is 4.98 Å². The summed E-state index contributed by atoms with van der Waals surface area (Å²) in [6, 6.07) is 3.95. The van der Waals surface area contributed by atoms with Gasteiger partial charge in [0.05, 0.1) is 10.6 Å². The van der Waals surface area contributed by atoms with E-state index in [0.717, 1.165) is 24.3 Å². The van der Waals surface area contributed by atoms with Gasteiger partial charge in [0.25, 0.3) is 5.91 Å². The number of halogens is 6. The highest BCUT2D eigenvalue weighted by atomic mass is 35.5. The van der Waals surface area contributed by atoms with Crippen LogP contribution in [-0.2, 0) is 6.18 Å². The molecule has 0 unspecified atom stereocenters. The van der Waals surface area contributed by atoms with E-state index >= 15 is 0 Å². The number of alkyl halides is 3. The van der Waals surface area contributed by atoms with Crippen LogP contribution >= 0.6 is 11.6 Å². The van der Waals surface area contributed by atoms with Crippen LogP contribution in [0.2, 0.25) is 5.02 Å². The first-order valence-electron chi connectivity index (χ1n) is 7.89. The van der Waals surface area contributed by atoms with E-state index in [-0.39, 0.29) is 37.0 Å². The second kappa shape index (κ2) is 7.30. The van der Waals surface area contributed by atoms with Crippen LogP contribution in [0, 0.1) is 11.6 Å². The van der Waals surface area contributed by atoms with Gasteiger partial charge in [-0.15, -0.1) is 0 Å². The fraction of sp³-hybridized carbons (Fsp3) is 0.294. The molecule has 0 radical (unpaired) electrons. The second-order valence-electron chi connectivity index (χ2n) is 5.90. The van der Waals surface area contributed by atoms with Gasteiger partial charge in [0.1, 0.15) is 23.0 Å². The van der Waals surface area contributed by atoms with E-state index < -0.39 is 34.8 Å². The molecular weight excluding hydrogens is 393 g/mol. The zero-order valence-electron chi connectivity index (χ0n) is 13.7. The van der Waals surface area contributed by atoms with E-state index in [0.29, 0.717) is 6.20 Å². The Morgan fingerprint density at radius 2 is 1.67 bits per heavy atom. The number of carbonyl (C=O) groups is 1. The number of hydrogen-bond acceptors (Lipinski definition) is 3. The van der Waals surface area contributed by atoms with Crippen LogP contribution in [0.1, 0.15) is 15.9 Å². The van der Waals surface area contributed by atoms with E-state index in [1.807, 2.05) is 0 Å². The molecule has 0 spiro atoms. The summed E-state index contributed by atoms with van der Waals surface area (Å²) >= 11 is 5.92. The number of benzene rings is 1. The number of pyridine rings is 1. The number of piperazine rings is 1. The fourth-order valence-corrected chi connectivity index (χ4v) is 3.09. The first kappa shape index (κ1) is 19.3. The summed E-state index contributed by atoms with van der Waals surface area (Å²) in [5.41, 5.74) is -1.59. The van der Waals surface area contributed by atoms with Crippen LogP contribution in [0.5, 0.6) is 0 Å². The number of hydrogen-bond donors (Lipinski definition) is 0. The van der Waals surface area contributed by atoms with E-state index in [4.69, 9.17) is 11.6 Å². The minimum Gasteiger partial charge on any atom is -0.352 e. The number of anilines is 1. The smallest absolute Gasteiger partial charge is 0.352 e. The Morgan fingerprint density at radius 3 is 2.19 bits per heavy atom. The molecule has 3 rings (SSSR count). The molecule has 1 aromatic carbocycles. The molecule has 0 bridgehead atoms. The van der Waals surface area contributed by atoms with Gasteiger partial charge >= 0.3 is 6.18 Å². The highest BCUT2D eigenvalue weighted by Gasteiger charge is 2.33. The van der Waals surface area contributed by atoms with Crippen molar-refractivity contribution < 1.29 is 26.7 Å². The quantitative estimate of drug-likeness (QED) is 0.709. The molecule has 144 valence electrons. The lowest BCUT2D eigenvalue weighted by Crippen LogP contribution is -2.49. The minimum atomic E-state index is -4.55. The molecule has 0 aliphatic carbocycles. The van der Waals surface area contributed by atoms with Gasteiger partial charge in [-0.2, -0.15) is 13.2 Å². The summed E-state index contributed by atoms with van der Waals surface area (Å²) in [4.78, 5) is 19.0. The predicted octanol–water partition coefficient (Wildman–Crippen LogP) is 3.99. The Kier molecular flexibility index (Phi) is 5.23. The van der Waals surface area contributed by atoms with Crippen LogP contribution < -0.4 is 4.90 Å². The molecular formula is C17H13ClF5N3O. The van der Waals surface area contributed by atoms with Gasteiger partial charge < -0.3 is 9.80 Å². The van der Waals surface area contributed by atoms with Crippen molar-refractivity contribution in [1.82, 2.24) is 9.88 Å². The van der Waals surface area contributed by atoms with Gasteiger partial charge in [0.15, 0.2) is 0 Å². The first-order chi connectivity index (χ1) is 12.7. The maximum absolute atomic E-state index is 13.8. The average molecular weight is 406 g/mol. The molecule has 1 fully saturated rings. The Balaban J connectivity index is 1.71. The number of aromatic nitrogens is 1. The monoisotopic (exact) mass is 405 g/mol.